The molecule has 0 aliphatic carbocycles. The Bertz CT molecular complexity index is 3020. The summed E-state index contributed by atoms with van der Waals surface area (Å²) in [7, 11) is -1.78. The van der Waals surface area contributed by atoms with Crippen molar-refractivity contribution in [2.75, 3.05) is 0 Å². The molecule has 9 aromatic carbocycles. The summed E-state index contributed by atoms with van der Waals surface area (Å²) in [5, 5.41) is 1.23. The zero-order valence-electron chi connectivity index (χ0n) is 31.9. The third kappa shape index (κ3) is 5.56. The Labute approximate surface area is 341 Å². The van der Waals surface area contributed by atoms with Gasteiger partial charge in [0.1, 0.15) is 0 Å². The molecule has 10 aromatic rings. The van der Waals surface area contributed by atoms with Gasteiger partial charge in [0.2, 0.25) is 0 Å². The quantitative estimate of drug-likeness (QED) is 0.153. The highest BCUT2D eigenvalue weighted by atomic mass is 32.3. The van der Waals surface area contributed by atoms with Crippen molar-refractivity contribution in [2.45, 2.75) is 19.6 Å². The van der Waals surface area contributed by atoms with E-state index >= 15 is 0 Å². The highest BCUT2D eigenvalue weighted by Gasteiger charge is 2.42. The van der Waals surface area contributed by atoms with Crippen molar-refractivity contribution in [3.8, 4) is 61.3 Å². The van der Waals surface area contributed by atoms with Crippen molar-refractivity contribution in [1.29, 1.82) is 0 Å². The molecule has 0 radical (unpaired) electrons. The predicted octanol–water partition coefficient (Wildman–Crippen LogP) is 15.6. The molecule has 0 spiro atoms. The van der Waals surface area contributed by atoms with Crippen LogP contribution in [0, 0.1) is 0 Å². The van der Waals surface area contributed by atoms with E-state index in [1.54, 1.807) is 0 Å². The van der Waals surface area contributed by atoms with Crippen molar-refractivity contribution < 1.29 is 0 Å². The minimum atomic E-state index is -1.78. The molecule has 0 unspecified atom stereocenters. The summed E-state index contributed by atoms with van der Waals surface area (Å²) in [6, 6.07) is 84.9. The molecule has 2 heterocycles. The van der Waals surface area contributed by atoms with Crippen molar-refractivity contribution in [2.24, 2.45) is 0 Å². The monoisotopic (exact) mass is 757 g/mol. The van der Waals surface area contributed by atoms with E-state index in [0.29, 0.717) is 0 Å². The van der Waals surface area contributed by atoms with Gasteiger partial charge in [0, 0.05) is 42.4 Å². The molecule has 0 N–H and O–H groups in total. The molecular formula is C56H39NS. The molecule has 1 aliphatic rings. The second-order valence-corrected chi connectivity index (χ2v) is 18.0. The van der Waals surface area contributed by atoms with E-state index in [0.717, 1.165) is 5.69 Å². The van der Waals surface area contributed by atoms with Crippen LogP contribution in [0.3, 0.4) is 0 Å². The number of rotatable bonds is 7. The van der Waals surface area contributed by atoms with Gasteiger partial charge in [-0.1, -0.05) is 176 Å². The average molecular weight is 758 g/mol. The van der Waals surface area contributed by atoms with Crippen LogP contribution in [-0.4, -0.2) is 4.57 Å². The lowest BCUT2D eigenvalue weighted by Gasteiger charge is -2.39. The number of hydrogen-bond acceptors (Lipinski definition) is 0. The Morgan fingerprint density at radius 2 is 0.741 bits per heavy atom. The maximum Gasteiger partial charge on any atom is 0.0535 e. The van der Waals surface area contributed by atoms with E-state index in [1.165, 1.54) is 86.1 Å². The lowest BCUT2D eigenvalue weighted by molar-refractivity contribution is 1.11. The largest absolute Gasteiger partial charge is 0.316 e. The Balaban J connectivity index is 1.10. The summed E-state index contributed by atoms with van der Waals surface area (Å²) in [4.78, 5) is 5.49. The first-order valence-electron chi connectivity index (χ1n) is 19.9. The topological polar surface area (TPSA) is 4.93 Å². The van der Waals surface area contributed by atoms with Gasteiger partial charge in [-0.05, 0) is 105 Å². The third-order valence-electron chi connectivity index (χ3n) is 11.7. The molecule has 1 nitrogen and oxygen atoms in total. The Hall–Kier alpha value is -7.13. The summed E-state index contributed by atoms with van der Waals surface area (Å²) in [5.74, 6) is 0. The Morgan fingerprint density at radius 1 is 0.293 bits per heavy atom. The number of aromatic nitrogens is 1. The molecular weight excluding hydrogens is 719 g/mol. The van der Waals surface area contributed by atoms with E-state index in [-0.39, 0.29) is 0 Å². The van der Waals surface area contributed by atoms with Crippen molar-refractivity contribution in [1.82, 2.24) is 4.57 Å². The van der Waals surface area contributed by atoms with Gasteiger partial charge in [-0.2, -0.15) is 0 Å². The number of nitrogens with zero attached hydrogens (tertiary/aromatic N) is 1. The van der Waals surface area contributed by atoms with Crippen LogP contribution in [-0.2, 0) is 0 Å². The molecule has 58 heavy (non-hydrogen) atoms. The van der Waals surface area contributed by atoms with Crippen LogP contribution in [0.2, 0.25) is 0 Å². The van der Waals surface area contributed by atoms with Crippen LogP contribution in [0.15, 0.2) is 256 Å². The zero-order chi connectivity index (χ0) is 38.5. The summed E-state index contributed by atoms with van der Waals surface area (Å²) < 4.78 is 2.42. The first-order valence-corrected chi connectivity index (χ1v) is 21.5. The van der Waals surface area contributed by atoms with E-state index in [2.05, 4.69) is 241 Å². The molecule has 2 heteroatoms. The number of hydrogen-bond donors (Lipinski definition) is 0. The smallest absolute Gasteiger partial charge is 0.0535 e. The third-order valence-corrected chi connectivity index (χ3v) is 15.7. The molecule has 1 aliphatic heterocycles. The number of benzene rings is 9. The second kappa shape index (κ2) is 14.1. The van der Waals surface area contributed by atoms with Gasteiger partial charge >= 0.3 is 0 Å². The molecule has 11 rings (SSSR count). The second-order valence-electron chi connectivity index (χ2n) is 14.9. The van der Waals surface area contributed by atoms with E-state index in [4.69, 9.17) is 0 Å². The number of fused-ring (bicyclic) bond motifs is 4. The van der Waals surface area contributed by atoms with Crippen LogP contribution < -0.4 is 0 Å². The molecule has 0 atom stereocenters. The molecule has 274 valence electrons. The maximum absolute atomic E-state index is 2.49. The molecule has 0 bridgehead atoms. The van der Waals surface area contributed by atoms with Gasteiger partial charge in [0.15, 0.2) is 0 Å². The van der Waals surface area contributed by atoms with E-state index in [9.17, 15) is 0 Å². The minimum Gasteiger partial charge on any atom is -0.316 e. The Kier molecular flexibility index (Phi) is 8.31. The Morgan fingerprint density at radius 3 is 1.33 bits per heavy atom. The average Bonchev–Trinajstić information content (AvgIpc) is 3.84. The van der Waals surface area contributed by atoms with Crippen molar-refractivity contribution in [3.05, 3.63) is 237 Å². The molecule has 0 saturated heterocycles. The zero-order valence-corrected chi connectivity index (χ0v) is 32.7. The highest BCUT2D eigenvalue weighted by Crippen LogP contribution is 2.80. The van der Waals surface area contributed by atoms with Gasteiger partial charge in [0.05, 0.1) is 5.52 Å². The standard InChI is InChI=1S/C56H39NS/c1-5-15-40(16-6-1)42-25-27-44(28-26-42)46-33-36-54-52(37-46)53(45-31-29-43(30-32-45)41-17-7-2-8-18-41)39-57(54)47-34-35-51-50-23-13-14-24-55(50)58(56(51)38-47,48-19-9-3-10-20-48)49-21-11-4-12-22-49/h1-39H. The van der Waals surface area contributed by atoms with Crippen molar-refractivity contribution >= 4 is 20.9 Å². The van der Waals surface area contributed by atoms with Gasteiger partial charge in [-0.25, -0.2) is 0 Å². The fourth-order valence-electron chi connectivity index (χ4n) is 8.92. The van der Waals surface area contributed by atoms with Gasteiger partial charge in [-0.15, -0.1) is 10.0 Å². The highest BCUT2D eigenvalue weighted by molar-refractivity contribution is 8.34. The van der Waals surface area contributed by atoms with Crippen LogP contribution >= 0.6 is 10.0 Å². The first kappa shape index (κ1) is 34.1. The molecule has 0 saturated carbocycles. The molecule has 0 amide bonds. The fraction of sp³-hybridized carbons (Fsp3) is 0. The first-order chi connectivity index (χ1) is 28.8. The normalized spacial score (nSPS) is 13.2. The maximum atomic E-state index is 2.49. The lowest BCUT2D eigenvalue weighted by atomic mass is 9.97. The summed E-state index contributed by atoms with van der Waals surface area (Å²) >= 11 is 0. The summed E-state index contributed by atoms with van der Waals surface area (Å²) in [6.07, 6.45) is 2.36. The lowest BCUT2D eigenvalue weighted by Crippen LogP contribution is -2.02. The summed E-state index contributed by atoms with van der Waals surface area (Å²) in [5.41, 5.74) is 14.7. The van der Waals surface area contributed by atoms with Gasteiger partial charge in [-0.3, -0.25) is 0 Å². The van der Waals surface area contributed by atoms with Crippen LogP contribution in [0.5, 0.6) is 0 Å². The summed E-state index contributed by atoms with van der Waals surface area (Å²) in [6.45, 7) is 0. The predicted molar refractivity (Wildman–Crippen MR) is 244 cm³/mol. The van der Waals surface area contributed by atoms with E-state index in [1.807, 2.05) is 0 Å². The van der Waals surface area contributed by atoms with Crippen LogP contribution in [0.1, 0.15) is 0 Å². The van der Waals surface area contributed by atoms with Crippen LogP contribution in [0.4, 0.5) is 0 Å². The van der Waals surface area contributed by atoms with Crippen LogP contribution in [0.25, 0.3) is 72.2 Å². The van der Waals surface area contributed by atoms with Gasteiger partial charge < -0.3 is 4.57 Å². The molecule has 0 fully saturated rings. The van der Waals surface area contributed by atoms with Gasteiger partial charge in [0.25, 0.3) is 0 Å². The fourth-order valence-corrected chi connectivity index (χ4v) is 13.2. The SMILES string of the molecule is c1ccc(-c2ccc(-c3ccc4c(c3)c(-c3ccc(-c5ccccc5)cc3)cn4-c3ccc4c(c3)S(c3ccccc3)(c3ccccc3)c3ccccc3-4)cc2)cc1. The van der Waals surface area contributed by atoms with Crippen molar-refractivity contribution in [3.63, 3.8) is 0 Å². The van der Waals surface area contributed by atoms with E-state index < -0.39 is 10.0 Å². The molecule has 1 aromatic heterocycles. The minimum absolute atomic E-state index is 1.16.